The number of aryl methyl sites for hydroxylation is 2. The summed E-state index contributed by atoms with van der Waals surface area (Å²) in [5, 5.41) is 0.226. The van der Waals surface area contributed by atoms with Crippen molar-refractivity contribution in [2.24, 2.45) is 7.05 Å². The average Bonchev–Trinajstić information content (AvgIpc) is 2.63. The van der Waals surface area contributed by atoms with Crippen LogP contribution in [0.3, 0.4) is 0 Å². The van der Waals surface area contributed by atoms with Gasteiger partial charge in [0.15, 0.2) is 5.03 Å². The van der Waals surface area contributed by atoms with Crippen molar-refractivity contribution in [3.8, 4) is 0 Å². The molecule has 0 aromatic carbocycles. The Bertz CT molecular complexity index is 661. The molecule has 0 saturated carbocycles. The van der Waals surface area contributed by atoms with Crippen LogP contribution in [0.1, 0.15) is 5.82 Å². The maximum atomic E-state index is 12.0. The Morgan fingerprint density at radius 2 is 2.17 bits per heavy atom. The minimum atomic E-state index is -3.74. The summed E-state index contributed by atoms with van der Waals surface area (Å²) in [6.45, 7) is 1.72. The summed E-state index contributed by atoms with van der Waals surface area (Å²) in [5.74, 6) is 0.604. The van der Waals surface area contributed by atoms with Gasteiger partial charge in [-0.05, 0) is 13.0 Å². The van der Waals surface area contributed by atoms with Gasteiger partial charge in [-0.15, -0.1) is 0 Å². The van der Waals surface area contributed by atoms with E-state index in [-0.39, 0.29) is 15.7 Å². The molecule has 96 valence electrons. The van der Waals surface area contributed by atoms with Crippen LogP contribution >= 0.6 is 11.6 Å². The van der Waals surface area contributed by atoms with Crippen molar-refractivity contribution in [3.63, 3.8) is 0 Å². The van der Waals surface area contributed by atoms with Crippen LogP contribution < -0.4 is 4.72 Å². The molecule has 0 fully saturated rings. The van der Waals surface area contributed by atoms with Crippen LogP contribution in [-0.2, 0) is 17.1 Å². The molecule has 2 rings (SSSR count). The van der Waals surface area contributed by atoms with Crippen LogP contribution in [0.2, 0.25) is 5.02 Å². The van der Waals surface area contributed by atoms with Crippen molar-refractivity contribution in [3.05, 3.63) is 35.5 Å². The topological polar surface area (TPSA) is 76.9 Å². The second-order valence-corrected chi connectivity index (χ2v) is 5.73. The number of hydrogen-bond donors (Lipinski definition) is 1. The zero-order valence-electron chi connectivity index (χ0n) is 9.75. The molecule has 0 spiro atoms. The van der Waals surface area contributed by atoms with E-state index in [0.717, 1.165) is 0 Å². The van der Waals surface area contributed by atoms with E-state index in [1.807, 2.05) is 0 Å². The fourth-order valence-electron chi connectivity index (χ4n) is 1.31. The van der Waals surface area contributed by atoms with Crippen molar-refractivity contribution >= 4 is 27.3 Å². The summed E-state index contributed by atoms with van der Waals surface area (Å²) in [7, 11) is -2.02. The molecule has 6 nitrogen and oxygen atoms in total. The molecule has 0 amide bonds. The van der Waals surface area contributed by atoms with E-state index < -0.39 is 10.0 Å². The number of imidazole rings is 1. The van der Waals surface area contributed by atoms with Gasteiger partial charge in [-0.3, -0.25) is 9.71 Å². The highest BCUT2D eigenvalue weighted by Crippen LogP contribution is 2.22. The lowest BCUT2D eigenvalue weighted by atomic mass is 10.4. The maximum absolute atomic E-state index is 12.0. The number of anilines is 1. The number of hydrogen-bond acceptors (Lipinski definition) is 4. The molecule has 2 heterocycles. The zero-order chi connectivity index (χ0) is 13.3. The predicted molar refractivity (Wildman–Crippen MR) is 68.0 cm³/mol. The number of aromatic nitrogens is 3. The summed E-state index contributed by atoms with van der Waals surface area (Å²) in [4.78, 5) is 7.77. The second kappa shape index (κ2) is 4.58. The third-order valence-electron chi connectivity index (χ3n) is 2.37. The predicted octanol–water partition coefficient (Wildman–Crippen LogP) is 1.58. The SMILES string of the molecule is Cc1nc(S(=O)(=O)Nc2cnccc2Cl)cn1C. The van der Waals surface area contributed by atoms with E-state index >= 15 is 0 Å². The molecule has 0 aliphatic rings. The Labute approximate surface area is 110 Å². The monoisotopic (exact) mass is 286 g/mol. The van der Waals surface area contributed by atoms with Crippen LogP contribution in [0.15, 0.2) is 29.7 Å². The van der Waals surface area contributed by atoms with Gasteiger partial charge >= 0.3 is 0 Å². The molecule has 8 heteroatoms. The third-order valence-corrected chi connectivity index (χ3v) is 3.94. The number of halogens is 1. The number of nitrogens with zero attached hydrogens (tertiary/aromatic N) is 3. The van der Waals surface area contributed by atoms with Gasteiger partial charge in [0, 0.05) is 19.4 Å². The van der Waals surface area contributed by atoms with Crippen molar-refractivity contribution < 1.29 is 8.42 Å². The molecular weight excluding hydrogens is 276 g/mol. The van der Waals surface area contributed by atoms with Gasteiger partial charge in [-0.25, -0.2) is 4.98 Å². The molecule has 0 unspecified atom stereocenters. The standard InChI is InChI=1S/C10H11ClN4O2S/c1-7-13-10(6-15(7)2)18(16,17)14-9-5-12-4-3-8(9)11/h3-6,14H,1-2H3. The summed E-state index contributed by atoms with van der Waals surface area (Å²) < 4.78 is 28.1. The normalized spacial score (nSPS) is 11.5. The van der Waals surface area contributed by atoms with Crippen LogP contribution in [0.25, 0.3) is 0 Å². The van der Waals surface area contributed by atoms with E-state index in [9.17, 15) is 8.42 Å². The lowest BCUT2D eigenvalue weighted by Gasteiger charge is -2.06. The molecule has 0 atom stereocenters. The summed E-state index contributed by atoms with van der Waals surface area (Å²) in [6.07, 6.45) is 4.25. The van der Waals surface area contributed by atoms with Crippen molar-refractivity contribution in [2.75, 3.05) is 4.72 Å². The van der Waals surface area contributed by atoms with Crippen molar-refractivity contribution in [2.45, 2.75) is 11.9 Å². The van der Waals surface area contributed by atoms with E-state index in [4.69, 9.17) is 11.6 Å². The lowest BCUT2D eigenvalue weighted by Crippen LogP contribution is -2.13. The Kier molecular flexibility index (Phi) is 3.27. The third kappa shape index (κ3) is 2.46. The maximum Gasteiger partial charge on any atom is 0.281 e. The molecule has 0 radical (unpaired) electrons. The average molecular weight is 287 g/mol. The summed E-state index contributed by atoms with van der Waals surface area (Å²) in [6, 6.07) is 1.50. The number of sulfonamides is 1. The minimum absolute atomic E-state index is 0.0533. The Morgan fingerprint density at radius 1 is 1.44 bits per heavy atom. The largest absolute Gasteiger partial charge is 0.337 e. The van der Waals surface area contributed by atoms with Gasteiger partial charge in [-0.2, -0.15) is 8.42 Å². The van der Waals surface area contributed by atoms with E-state index in [1.54, 1.807) is 18.5 Å². The lowest BCUT2D eigenvalue weighted by molar-refractivity contribution is 0.598. The summed E-state index contributed by atoms with van der Waals surface area (Å²) in [5.41, 5.74) is 0.225. The van der Waals surface area contributed by atoms with Crippen LogP contribution in [0, 0.1) is 6.92 Å². The van der Waals surface area contributed by atoms with Gasteiger partial charge < -0.3 is 4.57 Å². The molecule has 0 saturated heterocycles. The second-order valence-electron chi connectivity index (χ2n) is 3.70. The first-order chi connectivity index (χ1) is 8.40. The van der Waals surface area contributed by atoms with E-state index in [2.05, 4.69) is 14.7 Å². The molecule has 0 bridgehead atoms. The molecule has 2 aromatic rings. The smallest absolute Gasteiger partial charge is 0.281 e. The Morgan fingerprint density at radius 3 is 2.72 bits per heavy atom. The Hall–Kier alpha value is -1.60. The first-order valence-corrected chi connectivity index (χ1v) is 6.88. The van der Waals surface area contributed by atoms with Crippen molar-refractivity contribution in [1.29, 1.82) is 0 Å². The van der Waals surface area contributed by atoms with Gasteiger partial charge in [0.1, 0.15) is 5.82 Å². The highest BCUT2D eigenvalue weighted by molar-refractivity contribution is 7.92. The Balaban J connectivity index is 2.36. The number of pyridine rings is 1. The van der Waals surface area contributed by atoms with Crippen LogP contribution in [0.4, 0.5) is 5.69 Å². The fraction of sp³-hybridized carbons (Fsp3) is 0.200. The number of nitrogens with one attached hydrogen (secondary N) is 1. The van der Waals surface area contributed by atoms with Crippen LogP contribution in [-0.4, -0.2) is 23.0 Å². The number of rotatable bonds is 3. The molecule has 2 aromatic heterocycles. The van der Waals surface area contributed by atoms with Gasteiger partial charge in [0.05, 0.1) is 16.9 Å². The highest BCUT2D eigenvalue weighted by Gasteiger charge is 2.19. The zero-order valence-corrected chi connectivity index (χ0v) is 11.3. The first kappa shape index (κ1) is 12.8. The minimum Gasteiger partial charge on any atom is -0.337 e. The van der Waals surface area contributed by atoms with Gasteiger partial charge in [-0.1, -0.05) is 11.6 Å². The van der Waals surface area contributed by atoms with Gasteiger partial charge in [0.25, 0.3) is 10.0 Å². The van der Waals surface area contributed by atoms with Crippen LogP contribution in [0.5, 0.6) is 0 Å². The molecule has 0 aliphatic carbocycles. The quantitative estimate of drug-likeness (QED) is 0.929. The molecule has 18 heavy (non-hydrogen) atoms. The van der Waals surface area contributed by atoms with E-state index in [1.165, 1.54) is 24.7 Å². The molecular formula is C10H11ClN4O2S. The fourth-order valence-corrected chi connectivity index (χ4v) is 2.62. The molecule has 1 N–H and O–H groups in total. The molecule has 0 aliphatic heterocycles. The summed E-state index contributed by atoms with van der Waals surface area (Å²) >= 11 is 5.86. The highest BCUT2D eigenvalue weighted by atomic mass is 35.5. The van der Waals surface area contributed by atoms with E-state index in [0.29, 0.717) is 5.82 Å². The first-order valence-electron chi connectivity index (χ1n) is 5.02. The van der Waals surface area contributed by atoms with Gasteiger partial charge in [0.2, 0.25) is 0 Å². The van der Waals surface area contributed by atoms with Crippen molar-refractivity contribution in [1.82, 2.24) is 14.5 Å².